The first-order chi connectivity index (χ1) is 7.67. The molecule has 0 aliphatic carbocycles. The molecule has 0 aromatic heterocycles. The van der Waals surface area contributed by atoms with Gasteiger partial charge in [0.25, 0.3) is 0 Å². The fraction of sp³-hybridized carbons (Fsp3) is 0.462. The van der Waals surface area contributed by atoms with Crippen molar-refractivity contribution in [1.82, 2.24) is 0 Å². The second-order valence-electron chi connectivity index (χ2n) is 3.84. The molecule has 0 aliphatic rings. The SMILES string of the molecule is CCC(C)CC(=O)Oc1ccccc1OC. The molecule has 0 fully saturated rings. The summed E-state index contributed by atoms with van der Waals surface area (Å²) >= 11 is 0. The van der Waals surface area contributed by atoms with Gasteiger partial charge in [-0.1, -0.05) is 32.4 Å². The van der Waals surface area contributed by atoms with Crippen molar-refractivity contribution >= 4 is 5.97 Å². The van der Waals surface area contributed by atoms with Crippen LogP contribution in [0.1, 0.15) is 26.7 Å². The van der Waals surface area contributed by atoms with Crippen molar-refractivity contribution in [3.63, 3.8) is 0 Å². The molecule has 1 aromatic rings. The Bertz CT molecular complexity index is 347. The Morgan fingerprint density at radius 2 is 1.94 bits per heavy atom. The van der Waals surface area contributed by atoms with E-state index in [2.05, 4.69) is 6.92 Å². The minimum absolute atomic E-state index is 0.209. The summed E-state index contributed by atoms with van der Waals surface area (Å²) in [5.74, 6) is 1.21. The number of hydrogen-bond acceptors (Lipinski definition) is 3. The minimum Gasteiger partial charge on any atom is -0.493 e. The van der Waals surface area contributed by atoms with E-state index in [-0.39, 0.29) is 5.97 Å². The third-order valence-corrected chi connectivity index (χ3v) is 2.50. The Labute approximate surface area is 96.4 Å². The lowest BCUT2D eigenvalue weighted by atomic mass is 10.1. The van der Waals surface area contributed by atoms with E-state index in [1.165, 1.54) is 0 Å². The third kappa shape index (κ3) is 3.57. The van der Waals surface area contributed by atoms with Gasteiger partial charge in [-0.05, 0) is 18.1 Å². The summed E-state index contributed by atoms with van der Waals surface area (Å²) in [6.07, 6.45) is 1.41. The first kappa shape index (κ1) is 12.6. The van der Waals surface area contributed by atoms with Crippen LogP contribution in [-0.4, -0.2) is 13.1 Å². The van der Waals surface area contributed by atoms with Gasteiger partial charge in [-0.15, -0.1) is 0 Å². The van der Waals surface area contributed by atoms with Crippen molar-refractivity contribution < 1.29 is 14.3 Å². The fourth-order valence-corrected chi connectivity index (χ4v) is 1.30. The molecule has 0 N–H and O–H groups in total. The molecule has 0 heterocycles. The standard InChI is InChI=1S/C13H18O3/c1-4-10(2)9-13(14)16-12-8-6-5-7-11(12)15-3/h5-8,10H,4,9H2,1-3H3. The molecule has 1 unspecified atom stereocenters. The molecule has 0 amide bonds. The van der Waals surface area contributed by atoms with Crippen LogP contribution >= 0.6 is 0 Å². The van der Waals surface area contributed by atoms with Gasteiger partial charge in [0.2, 0.25) is 0 Å². The van der Waals surface area contributed by atoms with Gasteiger partial charge in [0.1, 0.15) is 0 Å². The maximum Gasteiger partial charge on any atom is 0.311 e. The van der Waals surface area contributed by atoms with Crippen LogP contribution in [0.25, 0.3) is 0 Å². The largest absolute Gasteiger partial charge is 0.493 e. The van der Waals surface area contributed by atoms with Crippen LogP contribution in [0.2, 0.25) is 0 Å². The number of esters is 1. The van der Waals surface area contributed by atoms with Gasteiger partial charge in [0.15, 0.2) is 11.5 Å². The Morgan fingerprint density at radius 1 is 1.31 bits per heavy atom. The van der Waals surface area contributed by atoms with Crippen LogP contribution in [0.15, 0.2) is 24.3 Å². The summed E-state index contributed by atoms with van der Waals surface area (Å²) in [7, 11) is 1.56. The van der Waals surface area contributed by atoms with Gasteiger partial charge in [0, 0.05) is 6.42 Å². The summed E-state index contributed by atoms with van der Waals surface area (Å²) in [6.45, 7) is 4.09. The maximum absolute atomic E-state index is 11.6. The topological polar surface area (TPSA) is 35.5 Å². The molecule has 1 rings (SSSR count). The van der Waals surface area contributed by atoms with Crippen LogP contribution in [0, 0.1) is 5.92 Å². The first-order valence-corrected chi connectivity index (χ1v) is 5.51. The summed E-state index contributed by atoms with van der Waals surface area (Å²) in [5.41, 5.74) is 0. The molecule has 1 atom stereocenters. The monoisotopic (exact) mass is 222 g/mol. The van der Waals surface area contributed by atoms with Gasteiger partial charge in [-0.2, -0.15) is 0 Å². The molecule has 0 radical (unpaired) electrons. The average molecular weight is 222 g/mol. The molecule has 0 saturated heterocycles. The zero-order valence-corrected chi connectivity index (χ0v) is 10.0. The van der Waals surface area contributed by atoms with Crippen molar-refractivity contribution in [2.75, 3.05) is 7.11 Å². The molecule has 3 heteroatoms. The van der Waals surface area contributed by atoms with E-state index in [1.807, 2.05) is 19.1 Å². The highest BCUT2D eigenvalue weighted by atomic mass is 16.6. The number of carbonyl (C=O) groups is 1. The second kappa shape index (κ2) is 6.16. The lowest BCUT2D eigenvalue weighted by Gasteiger charge is -2.10. The average Bonchev–Trinajstić information content (AvgIpc) is 2.29. The van der Waals surface area contributed by atoms with Gasteiger partial charge < -0.3 is 9.47 Å². The van der Waals surface area contributed by atoms with E-state index in [9.17, 15) is 4.79 Å². The normalized spacial score (nSPS) is 11.9. The number of hydrogen-bond donors (Lipinski definition) is 0. The van der Waals surface area contributed by atoms with E-state index in [4.69, 9.17) is 9.47 Å². The minimum atomic E-state index is -0.209. The molecule has 3 nitrogen and oxygen atoms in total. The summed E-state index contributed by atoms with van der Waals surface area (Å²) < 4.78 is 10.3. The van der Waals surface area contributed by atoms with Gasteiger partial charge >= 0.3 is 5.97 Å². The summed E-state index contributed by atoms with van der Waals surface area (Å²) in [5, 5.41) is 0. The van der Waals surface area contributed by atoms with Crippen molar-refractivity contribution in [1.29, 1.82) is 0 Å². The molecule has 0 aliphatic heterocycles. The summed E-state index contributed by atoms with van der Waals surface area (Å²) in [4.78, 5) is 11.6. The van der Waals surface area contributed by atoms with E-state index >= 15 is 0 Å². The van der Waals surface area contributed by atoms with E-state index in [0.29, 0.717) is 23.8 Å². The Balaban J connectivity index is 2.62. The zero-order valence-electron chi connectivity index (χ0n) is 10.0. The Hall–Kier alpha value is -1.51. The first-order valence-electron chi connectivity index (χ1n) is 5.51. The molecule has 0 bridgehead atoms. The van der Waals surface area contributed by atoms with E-state index in [0.717, 1.165) is 6.42 Å². The molecular formula is C13H18O3. The third-order valence-electron chi connectivity index (χ3n) is 2.50. The lowest BCUT2D eigenvalue weighted by molar-refractivity contribution is -0.135. The van der Waals surface area contributed by atoms with Crippen LogP contribution in [-0.2, 0) is 4.79 Å². The van der Waals surface area contributed by atoms with Crippen LogP contribution in [0.3, 0.4) is 0 Å². The predicted octanol–water partition coefficient (Wildman–Crippen LogP) is 3.04. The van der Waals surface area contributed by atoms with Crippen molar-refractivity contribution in [2.45, 2.75) is 26.7 Å². The Kier molecular flexibility index (Phi) is 4.83. The number of para-hydroxylation sites is 2. The molecule has 0 saturated carbocycles. The quantitative estimate of drug-likeness (QED) is 0.567. The van der Waals surface area contributed by atoms with Crippen molar-refractivity contribution in [3.8, 4) is 11.5 Å². The van der Waals surface area contributed by atoms with Crippen LogP contribution in [0.4, 0.5) is 0 Å². The van der Waals surface area contributed by atoms with Gasteiger partial charge in [0.05, 0.1) is 7.11 Å². The highest BCUT2D eigenvalue weighted by molar-refractivity contribution is 5.73. The molecular weight excluding hydrogens is 204 g/mol. The van der Waals surface area contributed by atoms with Crippen LogP contribution in [0.5, 0.6) is 11.5 Å². The number of methoxy groups -OCH3 is 1. The lowest BCUT2D eigenvalue weighted by Crippen LogP contribution is -2.12. The number of carbonyl (C=O) groups excluding carboxylic acids is 1. The molecule has 0 spiro atoms. The Morgan fingerprint density at radius 3 is 2.50 bits per heavy atom. The van der Waals surface area contributed by atoms with Gasteiger partial charge in [-0.25, -0.2) is 0 Å². The van der Waals surface area contributed by atoms with Crippen molar-refractivity contribution in [3.05, 3.63) is 24.3 Å². The van der Waals surface area contributed by atoms with Gasteiger partial charge in [-0.3, -0.25) is 4.79 Å². The van der Waals surface area contributed by atoms with E-state index in [1.54, 1.807) is 19.2 Å². The van der Waals surface area contributed by atoms with E-state index < -0.39 is 0 Å². The van der Waals surface area contributed by atoms with Crippen molar-refractivity contribution in [2.24, 2.45) is 5.92 Å². The second-order valence-corrected chi connectivity index (χ2v) is 3.84. The summed E-state index contributed by atoms with van der Waals surface area (Å²) in [6, 6.07) is 7.15. The van der Waals surface area contributed by atoms with Crippen LogP contribution < -0.4 is 9.47 Å². The molecule has 16 heavy (non-hydrogen) atoms. The highest BCUT2D eigenvalue weighted by Crippen LogP contribution is 2.26. The highest BCUT2D eigenvalue weighted by Gasteiger charge is 2.12. The molecule has 1 aromatic carbocycles. The number of benzene rings is 1. The number of rotatable bonds is 5. The predicted molar refractivity (Wildman–Crippen MR) is 62.7 cm³/mol. The maximum atomic E-state index is 11.6. The fourth-order valence-electron chi connectivity index (χ4n) is 1.30. The number of ether oxygens (including phenoxy) is 2. The zero-order chi connectivity index (χ0) is 12.0. The smallest absolute Gasteiger partial charge is 0.311 e. The molecule has 88 valence electrons.